The fourth-order valence-corrected chi connectivity index (χ4v) is 10.7. The van der Waals surface area contributed by atoms with Gasteiger partial charge in [0.25, 0.3) is 5.91 Å². The zero-order valence-corrected chi connectivity index (χ0v) is 42.8. The van der Waals surface area contributed by atoms with E-state index < -0.39 is 64.2 Å². The molecule has 19 heteroatoms. The van der Waals surface area contributed by atoms with Gasteiger partial charge >= 0.3 is 6.18 Å². The Labute approximate surface area is 431 Å². The average molecular weight is 1040 g/mol. The molecule has 382 valence electrons. The molecule has 4 amide bonds. The van der Waals surface area contributed by atoms with Gasteiger partial charge in [-0.25, -0.2) is 4.98 Å². The number of anilines is 2. The molecule has 0 spiro atoms. The van der Waals surface area contributed by atoms with Gasteiger partial charge in [-0.05, 0) is 122 Å². The lowest BCUT2D eigenvalue weighted by Crippen LogP contribution is -2.58. The number of nitrogens with zero attached hydrogens (tertiary/aromatic N) is 5. The van der Waals surface area contributed by atoms with E-state index in [1.165, 1.54) is 11.0 Å². The minimum absolute atomic E-state index is 0.00595. The van der Waals surface area contributed by atoms with E-state index in [0.717, 1.165) is 62.7 Å². The number of carbonyl (C=O) groups excluding carboxylic acids is 4. The number of nitrogens with one attached hydrogen (secondary N) is 2. The minimum atomic E-state index is -4.80. The van der Waals surface area contributed by atoms with Gasteiger partial charge in [0.2, 0.25) is 17.7 Å². The third-order valence-electron chi connectivity index (χ3n) is 13.5. The summed E-state index contributed by atoms with van der Waals surface area (Å²) in [6, 6.07) is 25.5. The number of aliphatic hydroxyl groups excluding tert-OH is 1. The number of hydrogen-bond acceptors (Lipinski definition) is 11. The topological polar surface area (TPSA) is 177 Å². The van der Waals surface area contributed by atoms with Crippen LogP contribution in [0, 0.1) is 29.6 Å². The summed E-state index contributed by atoms with van der Waals surface area (Å²) in [7, 11) is 0. The number of amides is 4. The van der Waals surface area contributed by atoms with Crippen LogP contribution in [-0.2, 0) is 36.6 Å². The lowest BCUT2D eigenvalue weighted by molar-refractivity contribution is -0.144. The second-order valence-electron chi connectivity index (χ2n) is 20.3. The number of benzene rings is 4. The molecule has 3 atom stereocenters. The highest BCUT2D eigenvalue weighted by Gasteiger charge is 2.51. The van der Waals surface area contributed by atoms with E-state index >= 15 is 0 Å². The van der Waals surface area contributed by atoms with Gasteiger partial charge in [-0.3, -0.25) is 24.1 Å². The third kappa shape index (κ3) is 11.4. The molecule has 2 saturated heterocycles. The van der Waals surface area contributed by atoms with Gasteiger partial charge in [-0.1, -0.05) is 69.3 Å². The normalized spacial score (nSPS) is 20.1. The Morgan fingerprint density at radius 3 is 2.18 bits per heavy atom. The quantitative estimate of drug-likeness (QED) is 0.0857. The first kappa shape index (κ1) is 52.6. The SMILES string of the molecule is Cc1ncsc1-c1ccc(CNC(=O)[C@@H]2C[C@@H](O)CN2C(=O)[C@@H](NC(=O)COCC2CC(Oc3ccc(-c4ccc(N5C(=S)N(c6ccc(C#N)c(C(F)(F)F)c6)C(=O)C5(C)C)cc4)cc3)C2)C(C)(C)C)cc1. The minimum Gasteiger partial charge on any atom is -0.490 e. The van der Waals surface area contributed by atoms with Gasteiger partial charge < -0.3 is 35.0 Å². The summed E-state index contributed by atoms with van der Waals surface area (Å²) >= 11 is 7.24. The standard InChI is InChI=1S/C54H56F3N7O7S2/c1-31-46(73-30-60-31)36-9-7-32(8-10-36)26-59-48(67)44-24-40(65)27-62(44)49(68)47(52(2,3)4)61-45(66)29-70-28-33-21-42(22-33)71-41-19-14-35(15-20-41)34-11-16-38(17-12-34)64-51(72)63(50(69)53(64,5)6)39-18-13-37(25-58)43(23-39)54(55,56)57/h7-20,23,30,33,40,42,44,47,65H,21-22,24,26-29H2,1-6H3,(H,59,67)(H,61,66)/t33?,40-,42?,44+,47-/m1/s1. The lowest BCUT2D eigenvalue weighted by Gasteiger charge is -2.36. The molecule has 1 saturated carbocycles. The van der Waals surface area contributed by atoms with E-state index in [2.05, 4.69) is 15.6 Å². The first-order valence-electron chi connectivity index (χ1n) is 23.8. The Morgan fingerprint density at radius 2 is 1.58 bits per heavy atom. The van der Waals surface area contributed by atoms with E-state index in [1.807, 2.05) is 88.4 Å². The number of likely N-dealkylation sites (tertiary alicyclic amines) is 1. The van der Waals surface area contributed by atoms with E-state index in [0.29, 0.717) is 18.0 Å². The van der Waals surface area contributed by atoms with Crippen molar-refractivity contribution in [1.29, 1.82) is 5.26 Å². The van der Waals surface area contributed by atoms with Gasteiger partial charge in [0.1, 0.15) is 30.0 Å². The monoisotopic (exact) mass is 1040 g/mol. The Morgan fingerprint density at radius 1 is 0.945 bits per heavy atom. The van der Waals surface area contributed by atoms with Crippen molar-refractivity contribution < 1.29 is 46.9 Å². The molecule has 3 aliphatic rings. The molecule has 14 nitrogen and oxygen atoms in total. The number of nitriles is 1. The van der Waals surface area contributed by atoms with Crippen molar-refractivity contribution in [2.75, 3.05) is 29.6 Å². The molecular weight excluding hydrogens is 980 g/mol. The first-order chi connectivity index (χ1) is 34.5. The van der Waals surface area contributed by atoms with Crippen LogP contribution in [0.3, 0.4) is 0 Å². The molecule has 73 heavy (non-hydrogen) atoms. The predicted molar refractivity (Wildman–Crippen MR) is 274 cm³/mol. The highest BCUT2D eigenvalue weighted by molar-refractivity contribution is 7.81. The number of aromatic nitrogens is 1. The molecule has 5 aromatic rings. The number of halogens is 3. The third-order valence-corrected chi connectivity index (χ3v) is 14.8. The Bertz CT molecular complexity index is 2930. The Balaban J connectivity index is 0.784. The van der Waals surface area contributed by atoms with Crippen LogP contribution in [0.4, 0.5) is 24.5 Å². The summed E-state index contributed by atoms with van der Waals surface area (Å²) in [6.45, 7) is 11.0. The van der Waals surface area contributed by atoms with Crippen LogP contribution >= 0.6 is 23.6 Å². The van der Waals surface area contributed by atoms with E-state index in [4.69, 9.17) is 21.7 Å². The smallest absolute Gasteiger partial charge is 0.417 e. The van der Waals surface area contributed by atoms with Crippen LogP contribution in [0.1, 0.15) is 76.3 Å². The molecule has 2 aliphatic heterocycles. The van der Waals surface area contributed by atoms with Crippen LogP contribution < -0.4 is 25.2 Å². The molecule has 4 aromatic carbocycles. The van der Waals surface area contributed by atoms with Crippen molar-refractivity contribution in [3.8, 4) is 33.4 Å². The van der Waals surface area contributed by atoms with Crippen molar-refractivity contribution in [2.24, 2.45) is 11.3 Å². The first-order valence-corrected chi connectivity index (χ1v) is 25.1. The maximum Gasteiger partial charge on any atom is 0.417 e. The van der Waals surface area contributed by atoms with E-state index in [-0.39, 0.29) is 54.8 Å². The second kappa shape index (κ2) is 21.0. The lowest BCUT2D eigenvalue weighted by atomic mass is 9.83. The largest absolute Gasteiger partial charge is 0.490 e. The second-order valence-corrected chi connectivity index (χ2v) is 21.5. The summed E-state index contributed by atoms with van der Waals surface area (Å²) < 4.78 is 53.4. The highest BCUT2D eigenvalue weighted by Crippen LogP contribution is 2.41. The fraction of sp³-hybridized carbons (Fsp3) is 0.389. The van der Waals surface area contributed by atoms with Crippen molar-refractivity contribution >= 4 is 63.7 Å². The van der Waals surface area contributed by atoms with Crippen molar-refractivity contribution in [3.05, 3.63) is 119 Å². The number of thiocarbonyl (C=S) groups is 1. The summed E-state index contributed by atoms with van der Waals surface area (Å²) in [6.07, 6.45) is -4.23. The number of aryl methyl sites for hydroxylation is 1. The molecule has 0 unspecified atom stereocenters. The van der Waals surface area contributed by atoms with Crippen LogP contribution in [0.2, 0.25) is 0 Å². The summed E-state index contributed by atoms with van der Waals surface area (Å²) in [5.41, 5.74) is 3.26. The predicted octanol–water partition coefficient (Wildman–Crippen LogP) is 8.58. The van der Waals surface area contributed by atoms with E-state index in [1.54, 1.807) is 53.8 Å². The number of thiazole rings is 1. The van der Waals surface area contributed by atoms with Crippen molar-refractivity contribution in [2.45, 2.75) is 103 Å². The Kier molecular flexibility index (Phi) is 15.1. The molecule has 1 aromatic heterocycles. The summed E-state index contributed by atoms with van der Waals surface area (Å²) in [5.74, 6) is -0.977. The molecule has 3 heterocycles. The molecule has 3 N–H and O–H groups in total. The van der Waals surface area contributed by atoms with E-state index in [9.17, 15) is 42.7 Å². The van der Waals surface area contributed by atoms with Crippen LogP contribution in [0.15, 0.2) is 96.5 Å². The zero-order chi connectivity index (χ0) is 52.6. The number of ether oxygens (including phenoxy) is 2. The molecule has 0 bridgehead atoms. The molecular formula is C54H56F3N7O7S2. The number of aliphatic hydroxyl groups is 1. The van der Waals surface area contributed by atoms with Crippen LogP contribution in [0.5, 0.6) is 5.75 Å². The summed E-state index contributed by atoms with van der Waals surface area (Å²) in [5, 5.41) is 25.6. The molecule has 3 fully saturated rings. The fourth-order valence-electron chi connectivity index (χ4n) is 9.39. The average Bonchev–Trinajstić information content (AvgIpc) is 4.00. The number of rotatable bonds is 15. The van der Waals surface area contributed by atoms with Gasteiger partial charge in [0.15, 0.2) is 5.11 Å². The maximum atomic E-state index is 14.1. The van der Waals surface area contributed by atoms with Gasteiger partial charge in [-0.2, -0.15) is 18.4 Å². The summed E-state index contributed by atoms with van der Waals surface area (Å²) in [4.78, 5) is 63.8. The number of alkyl halides is 3. The van der Waals surface area contributed by atoms with Gasteiger partial charge in [-0.15, -0.1) is 11.3 Å². The zero-order valence-electron chi connectivity index (χ0n) is 41.2. The van der Waals surface area contributed by atoms with Crippen LogP contribution in [-0.4, -0.2) is 93.3 Å². The van der Waals surface area contributed by atoms with Crippen molar-refractivity contribution in [3.63, 3.8) is 0 Å². The molecule has 0 radical (unpaired) electrons. The Hall–Kier alpha value is -6.72. The van der Waals surface area contributed by atoms with Crippen molar-refractivity contribution in [1.82, 2.24) is 20.5 Å². The highest BCUT2D eigenvalue weighted by atomic mass is 32.1. The van der Waals surface area contributed by atoms with Gasteiger partial charge in [0, 0.05) is 25.2 Å². The number of β-amino-alcohol motifs (C(OH)–C–C–N with tert-alkyl or cyclic N) is 1. The number of carbonyl (C=O) groups is 4. The maximum absolute atomic E-state index is 14.1. The van der Waals surface area contributed by atoms with Gasteiger partial charge in [0.05, 0.1) is 57.8 Å². The molecule has 1 aliphatic carbocycles. The molecule has 8 rings (SSSR count). The number of hydrogen-bond donors (Lipinski definition) is 3. The van der Waals surface area contributed by atoms with Crippen LogP contribution in [0.25, 0.3) is 21.6 Å².